The van der Waals surface area contributed by atoms with E-state index in [9.17, 15) is 14.0 Å². The number of anilines is 1. The van der Waals surface area contributed by atoms with Crippen LogP contribution in [-0.4, -0.2) is 55.5 Å². The average molecular weight is 406 g/mol. The van der Waals surface area contributed by atoms with E-state index >= 15 is 0 Å². The third-order valence-corrected chi connectivity index (χ3v) is 5.81. The van der Waals surface area contributed by atoms with Gasteiger partial charge in [0.1, 0.15) is 12.1 Å². The van der Waals surface area contributed by atoms with Crippen LogP contribution in [0.5, 0.6) is 0 Å². The third kappa shape index (κ3) is 3.02. The van der Waals surface area contributed by atoms with Crippen LogP contribution >= 0.6 is 0 Å². The van der Waals surface area contributed by atoms with Crippen molar-refractivity contribution in [2.45, 2.75) is 18.5 Å². The predicted octanol–water partition coefficient (Wildman–Crippen LogP) is 1.48. The largest absolute Gasteiger partial charge is 0.335 e. The van der Waals surface area contributed by atoms with Crippen LogP contribution in [0.3, 0.4) is 0 Å². The number of halogens is 1. The smallest absolute Gasteiger partial charge is 0.255 e. The number of carbonyl (C=O) groups excluding carboxylic acids is 1. The van der Waals surface area contributed by atoms with Gasteiger partial charge in [0.15, 0.2) is 0 Å². The molecular weight excluding hydrogens is 387 g/mol. The van der Waals surface area contributed by atoms with Gasteiger partial charge in [-0.2, -0.15) is 0 Å². The fraction of sp³-hybridized carbons (Fsp3) is 0.286. The van der Waals surface area contributed by atoms with Crippen LogP contribution in [0, 0.1) is 5.82 Å². The van der Waals surface area contributed by atoms with Crippen LogP contribution in [0.25, 0.3) is 11.4 Å². The maximum atomic E-state index is 13.2. The van der Waals surface area contributed by atoms with Crippen molar-refractivity contribution >= 4 is 11.9 Å². The van der Waals surface area contributed by atoms with E-state index in [0.717, 1.165) is 6.42 Å². The number of piperazine rings is 1. The molecule has 3 aromatic rings. The van der Waals surface area contributed by atoms with E-state index in [1.807, 2.05) is 4.90 Å². The molecule has 0 aliphatic carbocycles. The Kier molecular flexibility index (Phi) is 4.30. The van der Waals surface area contributed by atoms with Crippen molar-refractivity contribution in [3.05, 3.63) is 70.7 Å². The van der Waals surface area contributed by atoms with Crippen molar-refractivity contribution in [1.29, 1.82) is 0 Å². The second-order valence-corrected chi connectivity index (χ2v) is 7.59. The number of amides is 1. The van der Waals surface area contributed by atoms with Gasteiger partial charge in [-0.15, -0.1) is 0 Å². The molecule has 30 heavy (non-hydrogen) atoms. The first-order valence-electron chi connectivity index (χ1n) is 9.69. The van der Waals surface area contributed by atoms with Gasteiger partial charge in [0.25, 0.3) is 11.5 Å². The molecule has 2 bridgehead atoms. The molecule has 2 aliphatic heterocycles. The van der Waals surface area contributed by atoms with E-state index in [0.29, 0.717) is 36.0 Å². The van der Waals surface area contributed by atoms with Gasteiger partial charge in [-0.1, -0.05) is 0 Å². The molecule has 0 spiro atoms. The van der Waals surface area contributed by atoms with E-state index in [-0.39, 0.29) is 29.4 Å². The van der Waals surface area contributed by atoms with Gasteiger partial charge in [-0.25, -0.2) is 19.3 Å². The molecule has 2 fully saturated rings. The maximum Gasteiger partial charge on any atom is 0.255 e. The molecule has 8 nitrogen and oxygen atoms in total. The summed E-state index contributed by atoms with van der Waals surface area (Å²) in [7, 11) is 1.70. The van der Waals surface area contributed by atoms with Crippen LogP contribution in [0.2, 0.25) is 0 Å². The molecule has 4 heterocycles. The molecule has 2 aromatic heterocycles. The first-order chi connectivity index (χ1) is 14.5. The summed E-state index contributed by atoms with van der Waals surface area (Å²) in [6, 6.07) is 8.88. The quantitative estimate of drug-likeness (QED) is 0.655. The summed E-state index contributed by atoms with van der Waals surface area (Å²) in [6.07, 6.45) is 3.84. The Bertz CT molecular complexity index is 1160. The van der Waals surface area contributed by atoms with E-state index in [1.54, 1.807) is 19.3 Å². The van der Waals surface area contributed by atoms with Gasteiger partial charge in [0.2, 0.25) is 5.95 Å². The van der Waals surface area contributed by atoms with Crippen LogP contribution in [0.4, 0.5) is 10.3 Å². The Morgan fingerprint density at radius 3 is 2.57 bits per heavy atom. The van der Waals surface area contributed by atoms with Crippen LogP contribution in [0.1, 0.15) is 16.8 Å². The van der Waals surface area contributed by atoms with Crippen molar-refractivity contribution in [3.63, 3.8) is 0 Å². The number of nitrogens with zero attached hydrogens (tertiary/aromatic N) is 6. The number of rotatable bonds is 3. The number of aromatic nitrogens is 4. The molecule has 2 aliphatic rings. The minimum absolute atomic E-state index is 0.0205. The van der Waals surface area contributed by atoms with Crippen molar-refractivity contribution in [1.82, 2.24) is 24.4 Å². The number of benzene rings is 1. The van der Waals surface area contributed by atoms with Gasteiger partial charge in [0, 0.05) is 38.0 Å². The Morgan fingerprint density at radius 1 is 1.10 bits per heavy atom. The Morgan fingerprint density at radius 2 is 1.90 bits per heavy atom. The summed E-state index contributed by atoms with van der Waals surface area (Å²) in [5.41, 5.74) is 1.39. The zero-order valence-corrected chi connectivity index (χ0v) is 16.3. The normalized spacial score (nSPS) is 20.1. The van der Waals surface area contributed by atoms with Gasteiger partial charge < -0.3 is 9.80 Å². The highest BCUT2D eigenvalue weighted by molar-refractivity contribution is 5.95. The highest BCUT2D eigenvalue weighted by Gasteiger charge is 2.46. The molecule has 0 N–H and O–H groups in total. The second-order valence-electron chi connectivity index (χ2n) is 7.59. The molecule has 1 unspecified atom stereocenters. The molecule has 2 saturated heterocycles. The van der Waals surface area contributed by atoms with E-state index < -0.39 is 0 Å². The Balaban J connectivity index is 1.41. The summed E-state index contributed by atoms with van der Waals surface area (Å²) in [5.74, 6) is 0.104. The monoisotopic (exact) mass is 406 g/mol. The summed E-state index contributed by atoms with van der Waals surface area (Å²) >= 11 is 0. The lowest BCUT2D eigenvalue weighted by Gasteiger charge is -2.35. The molecule has 152 valence electrons. The Hall–Kier alpha value is -3.62. The second kappa shape index (κ2) is 7.01. The fourth-order valence-electron chi connectivity index (χ4n) is 4.28. The lowest BCUT2D eigenvalue weighted by atomic mass is 10.1. The van der Waals surface area contributed by atoms with Crippen molar-refractivity contribution in [2.24, 2.45) is 7.05 Å². The van der Waals surface area contributed by atoms with Gasteiger partial charge in [-0.3, -0.25) is 14.2 Å². The van der Waals surface area contributed by atoms with Crippen LogP contribution in [0.15, 0.2) is 53.7 Å². The predicted molar refractivity (Wildman–Crippen MR) is 107 cm³/mol. The minimum Gasteiger partial charge on any atom is -0.335 e. The van der Waals surface area contributed by atoms with Crippen LogP contribution in [-0.2, 0) is 7.05 Å². The fourth-order valence-corrected chi connectivity index (χ4v) is 4.28. The minimum atomic E-state index is -0.365. The molecule has 1 aromatic carbocycles. The summed E-state index contributed by atoms with van der Waals surface area (Å²) in [6.45, 7) is 1.12. The first-order valence-corrected chi connectivity index (χ1v) is 9.69. The SMILES string of the molecule is Cn1c(N2CC3C[C@H]2CN3C(=O)c2ccc(F)cc2)nc(-c2ccncn2)cc1=O. The number of hydrogen-bond donors (Lipinski definition) is 0. The molecule has 5 rings (SSSR count). The lowest BCUT2D eigenvalue weighted by molar-refractivity contribution is 0.0725. The van der Waals surface area contributed by atoms with Crippen molar-refractivity contribution in [2.75, 3.05) is 18.0 Å². The molecular formula is C21H19FN6O2. The highest BCUT2D eigenvalue weighted by atomic mass is 19.1. The molecule has 2 atom stereocenters. The number of fused-ring (bicyclic) bond motifs is 2. The maximum absolute atomic E-state index is 13.2. The summed E-state index contributed by atoms with van der Waals surface area (Å²) < 4.78 is 14.7. The number of likely N-dealkylation sites (tertiary alicyclic amines) is 1. The van der Waals surface area contributed by atoms with E-state index in [2.05, 4.69) is 14.9 Å². The van der Waals surface area contributed by atoms with Gasteiger partial charge in [0.05, 0.1) is 23.5 Å². The van der Waals surface area contributed by atoms with E-state index in [4.69, 9.17) is 4.98 Å². The van der Waals surface area contributed by atoms with Crippen molar-refractivity contribution < 1.29 is 9.18 Å². The summed E-state index contributed by atoms with van der Waals surface area (Å²) in [4.78, 5) is 42.1. The molecule has 0 radical (unpaired) electrons. The van der Waals surface area contributed by atoms with Gasteiger partial charge >= 0.3 is 0 Å². The Labute approximate surface area is 171 Å². The average Bonchev–Trinajstić information content (AvgIpc) is 3.37. The zero-order chi connectivity index (χ0) is 20.8. The van der Waals surface area contributed by atoms with Gasteiger partial charge in [-0.05, 0) is 36.8 Å². The third-order valence-electron chi connectivity index (χ3n) is 5.81. The van der Waals surface area contributed by atoms with Crippen LogP contribution < -0.4 is 10.5 Å². The number of carbonyl (C=O) groups is 1. The molecule has 9 heteroatoms. The van der Waals surface area contributed by atoms with Crippen molar-refractivity contribution in [3.8, 4) is 11.4 Å². The number of hydrogen-bond acceptors (Lipinski definition) is 6. The first kappa shape index (κ1) is 18.4. The topological polar surface area (TPSA) is 84.2 Å². The molecule has 1 amide bonds. The molecule has 0 saturated carbocycles. The lowest BCUT2D eigenvalue weighted by Crippen LogP contribution is -2.50. The highest BCUT2D eigenvalue weighted by Crippen LogP contribution is 2.34. The standard InChI is InChI=1S/C21H19FN6O2/c1-26-19(29)9-18(17-6-7-23-12-24-17)25-21(26)28-11-15-8-16(28)10-27(15)20(30)13-2-4-14(22)5-3-13/h2-7,9,12,15-16H,8,10-11H2,1H3/t15?,16-/m0/s1. The van der Waals surface area contributed by atoms with E-state index in [1.165, 1.54) is 41.2 Å². The zero-order valence-electron chi connectivity index (χ0n) is 16.3. The summed E-state index contributed by atoms with van der Waals surface area (Å²) in [5, 5.41) is 0.